The minimum absolute atomic E-state index is 0.00879. The number of hydrogen-bond donors (Lipinski definition) is 3. The van der Waals surface area contributed by atoms with Crippen LogP contribution in [0.1, 0.15) is 110 Å². The molecule has 0 spiro atoms. The third kappa shape index (κ3) is 4.13. The standard InChI is InChI=1S/C37H52O6/c1-21-14-16-34(4)18-19-36(6)24(30(34)29(21)31(40)41)12-13-25-35(5)17-15-28(43-32(42)22-8-10-23(38)11-9-22)33(2,3)26(35)20-27(39)37(25,36)7/h8-12,21,25-30,38-39H,13-20H2,1-7H3,(H,40,41)/t21-,25-,26+,27+,28+,29+,30-,34-,35-,36-,37+/m1/s1. The van der Waals surface area contributed by atoms with Gasteiger partial charge in [-0.2, -0.15) is 0 Å². The highest BCUT2D eigenvalue weighted by atomic mass is 16.5. The number of fused-ring (bicyclic) bond motifs is 7. The van der Waals surface area contributed by atoms with E-state index in [9.17, 15) is 24.9 Å². The zero-order valence-electron chi connectivity index (χ0n) is 27.2. The van der Waals surface area contributed by atoms with Gasteiger partial charge in [-0.05, 0) is 116 Å². The molecule has 0 aromatic heterocycles. The molecular weight excluding hydrogens is 540 g/mol. The fourth-order valence-corrected chi connectivity index (χ4v) is 11.8. The van der Waals surface area contributed by atoms with Gasteiger partial charge in [-0.1, -0.05) is 60.1 Å². The van der Waals surface area contributed by atoms with Gasteiger partial charge in [0.25, 0.3) is 0 Å². The van der Waals surface area contributed by atoms with Gasteiger partial charge in [-0.25, -0.2) is 4.79 Å². The molecule has 0 bridgehead atoms. The summed E-state index contributed by atoms with van der Waals surface area (Å²) in [7, 11) is 0. The summed E-state index contributed by atoms with van der Waals surface area (Å²) in [6, 6.07) is 6.20. The molecule has 11 atom stereocenters. The molecule has 6 nitrogen and oxygen atoms in total. The molecule has 5 aliphatic rings. The quantitative estimate of drug-likeness (QED) is 0.246. The highest BCUT2D eigenvalue weighted by molar-refractivity contribution is 5.89. The molecule has 0 radical (unpaired) electrons. The Kier molecular flexibility index (Phi) is 7.01. The monoisotopic (exact) mass is 592 g/mol. The molecule has 4 fully saturated rings. The Balaban J connectivity index is 1.35. The number of hydrogen-bond acceptors (Lipinski definition) is 5. The number of aromatic hydroxyl groups is 1. The van der Waals surface area contributed by atoms with Gasteiger partial charge >= 0.3 is 11.9 Å². The maximum atomic E-state index is 13.1. The summed E-state index contributed by atoms with van der Waals surface area (Å²) in [6.07, 6.45) is 8.81. The van der Waals surface area contributed by atoms with Crippen LogP contribution in [0.3, 0.4) is 0 Å². The highest BCUT2D eigenvalue weighted by Gasteiger charge is 2.71. The zero-order chi connectivity index (χ0) is 31.3. The minimum atomic E-state index is -0.668. The molecule has 0 unspecified atom stereocenters. The van der Waals surface area contributed by atoms with Crippen LogP contribution >= 0.6 is 0 Å². The van der Waals surface area contributed by atoms with E-state index >= 15 is 0 Å². The Morgan fingerprint density at radius 1 is 0.907 bits per heavy atom. The summed E-state index contributed by atoms with van der Waals surface area (Å²) >= 11 is 0. The van der Waals surface area contributed by atoms with Crippen LogP contribution < -0.4 is 0 Å². The van der Waals surface area contributed by atoms with E-state index in [1.165, 1.54) is 17.7 Å². The smallest absolute Gasteiger partial charge is 0.338 e. The van der Waals surface area contributed by atoms with Crippen molar-refractivity contribution in [3.05, 3.63) is 41.5 Å². The average Bonchev–Trinajstić information content (AvgIpc) is 2.93. The molecule has 0 aliphatic heterocycles. The molecule has 6 heteroatoms. The Morgan fingerprint density at radius 3 is 2.23 bits per heavy atom. The summed E-state index contributed by atoms with van der Waals surface area (Å²) in [6.45, 7) is 16.0. The fourth-order valence-electron chi connectivity index (χ4n) is 11.8. The molecule has 0 amide bonds. The van der Waals surface area contributed by atoms with E-state index in [1.807, 2.05) is 0 Å². The van der Waals surface area contributed by atoms with E-state index in [1.54, 1.807) is 12.1 Å². The molecule has 236 valence electrons. The van der Waals surface area contributed by atoms with E-state index in [-0.39, 0.29) is 74.5 Å². The van der Waals surface area contributed by atoms with Crippen molar-refractivity contribution >= 4 is 11.9 Å². The second kappa shape index (κ2) is 9.83. The average molecular weight is 593 g/mol. The van der Waals surface area contributed by atoms with Crippen LogP contribution in [-0.2, 0) is 9.53 Å². The Hall–Kier alpha value is -2.34. The van der Waals surface area contributed by atoms with Crippen LogP contribution in [0, 0.1) is 56.7 Å². The van der Waals surface area contributed by atoms with Gasteiger partial charge in [0.15, 0.2) is 0 Å². The molecule has 4 saturated carbocycles. The normalized spacial score (nSPS) is 46.7. The maximum absolute atomic E-state index is 13.1. The Morgan fingerprint density at radius 2 is 1.58 bits per heavy atom. The van der Waals surface area contributed by atoms with Gasteiger partial charge in [0.1, 0.15) is 11.9 Å². The zero-order valence-corrected chi connectivity index (χ0v) is 27.2. The van der Waals surface area contributed by atoms with E-state index < -0.39 is 12.1 Å². The van der Waals surface area contributed by atoms with Crippen LogP contribution in [0.2, 0.25) is 0 Å². The minimum Gasteiger partial charge on any atom is -0.508 e. The summed E-state index contributed by atoms with van der Waals surface area (Å²) in [5, 5.41) is 32.5. The van der Waals surface area contributed by atoms with Crippen molar-refractivity contribution in [1.29, 1.82) is 0 Å². The van der Waals surface area contributed by atoms with Crippen LogP contribution in [0.15, 0.2) is 35.9 Å². The van der Waals surface area contributed by atoms with Gasteiger partial charge in [-0.15, -0.1) is 0 Å². The number of phenols is 1. The third-order valence-corrected chi connectivity index (χ3v) is 14.6. The van der Waals surface area contributed by atoms with Gasteiger partial charge in [0.2, 0.25) is 0 Å². The summed E-state index contributed by atoms with van der Waals surface area (Å²) in [5.41, 5.74) is 0.677. The number of aliphatic hydroxyl groups excluding tert-OH is 1. The van der Waals surface area contributed by atoms with Gasteiger partial charge in [0, 0.05) is 10.8 Å². The van der Waals surface area contributed by atoms with Crippen LogP contribution in [0.5, 0.6) is 5.75 Å². The number of allylic oxidation sites excluding steroid dienone is 2. The lowest BCUT2D eigenvalue weighted by atomic mass is 9.32. The number of phenolic OH excluding ortho intramolecular Hbond substituents is 1. The van der Waals surface area contributed by atoms with E-state index in [0.29, 0.717) is 12.0 Å². The van der Waals surface area contributed by atoms with Crippen LogP contribution in [0.4, 0.5) is 0 Å². The Bertz CT molecular complexity index is 1330. The van der Waals surface area contributed by atoms with Gasteiger partial charge in [0.05, 0.1) is 17.6 Å². The first-order chi connectivity index (χ1) is 20.0. The first-order valence-electron chi connectivity index (χ1n) is 16.6. The van der Waals surface area contributed by atoms with Crippen molar-refractivity contribution in [1.82, 2.24) is 0 Å². The predicted octanol–water partition coefficient (Wildman–Crippen LogP) is 7.63. The lowest BCUT2D eigenvalue weighted by Gasteiger charge is -2.72. The number of carboxylic acid groups (broad SMARTS) is 1. The molecule has 1 aromatic rings. The summed E-state index contributed by atoms with van der Waals surface area (Å²) in [5.74, 6) is -0.761. The van der Waals surface area contributed by atoms with E-state index in [0.717, 1.165) is 44.9 Å². The molecule has 0 heterocycles. The molecule has 43 heavy (non-hydrogen) atoms. The summed E-state index contributed by atoms with van der Waals surface area (Å²) < 4.78 is 6.17. The lowest BCUT2D eigenvalue weighted by Crippen LogP contribution is -2.69. The lowest BCUT2D eigenvalue weighted by molar-refractivity contribution is -0.245. The first kappa shape index (κ1) is 30.7. The third-order valence-electron chi connectivity index (χ3n) is 14.6. The number of esters is 1. The topological polar surface area (TPSA) is 104 Å². The van der Waals surface area contributed by atoms with Crippen molar-refractivity contribution in [3.63, 3.8) is 0 Å². The molecule has 1 aromatic carbocycles. The Labute approximate surface area is 257 Å². The molecule has 6 rings (SSSR count). The van der Waals surface area contributed by atoms with Crippen molar-refractivity contribution in [2.24, 2.45) is 56.7 Å². The molecule has 3 N–H and O–H groups in total. The number of rotatable bonds is 3. The van der Waals surface area contributed by atoms with Gasteiger partial charge in [-0.3, -0.25) is 4.79 Å². The molecule has 5 aliphatic carbocycles. The molecular formula is C37H52O6. The SMILES string of the molecule is C[C@@H]1CC[C@]2(C)CC[C@]3(C)C(=CC[C@@H]4[C@@]5(C)CC[C@H](OC(=O)c6ccc(O)cc6)C(C)(C)[C@@H]5C[C@H](O)[C@]43C)[C@@H]2[C@H]1C(=O)O. The second-order valence-corrected chi connectivity index (χ2v) is 16.7. The number of aliphatic hydroxyl groups is 1. The van der Waals surface area contributed by atoms with Crippen molar-refractivity contribution in [3.8, 4) is 5.75 Å². The van der Waals surface area contributed by atoms with Crippen molar-refractivity contribution in [2.45, 2.75) is 112 Å². The van der Waals surface area contributed by atoms with Crippen LogP contribution in [-0.4, -0.2) is 39.5 Å². The number of carbonyl (C=O) groups excluding carboxylic acids is 1. The largest absolute Gasteiger partial charge is 0.508 e. The van der Waals surface area contributed by atoms with Crippen LogP contribution in [0.25, 0.3) is 0 Å². The summed E-state index contributed by atoms with van der Waals surface area (Å²) in [4.78, 5) is 25.9. The molecule has 0 saturated heterocycles. The number of aliphatic carboxylic acids is 1. The van der Waals surface area contributed by atoms with Gasteiger partial charge < -0.3 is 20.1 Å². The number of carboxylic acids is 1. The van der Waals surface area contributed by atoms with E-state index in [4.69, 9.17) is 4.74 Å². The highest BCUT2D eigenvalue weighted by Crippen LogP contribution is 2.75. The number of carbonyl (C=O) groups is 2. The van der Waals surface area contributed by atoms with E-state index in [2.05, 4.69) is 54.5 Å². The number of ether oxygens (including phenoxy) is 1. The second-order valence-electron chi connectivity index (χ2n) is 16.7. The van der Waals surface area contributed by atoms with Crippen molar-refractivity contribution < 1.29 is 29.6 Å². The van der Waals surface area contributed by atoms with Crippen molar-refractivity contribution in [2.75, 3.05) is 0 Å². The maximum Gasteiger partial charge on any atom is 0.338 e. The fraction of sp³-hybridized carbons (Fsp3) is 0.730. The first-order valence-corrected chi connectivity index (χ1v) is 16.6. The predicted molar refractivity (Wildman–Crippen MR) is 165 cm³/mol. The number of benzene rings is 1.